The van der Waals surface area contributed by atoms with Gasteiger partial charge in [0.2, 0.25) is 0 Å². The maximum Gasteiger partial charge on any atom is 1.00 e. The fourth-order valence-electron chi connectivity index (χ4n) is 0.556. The molecule has 0 spiro atoms. The van der Waals surface area contributed by atoms with Gasteiger partial charge < -0.3 is 0 Å². The zero-order chi connectivity index (χ0) is 7.82. The molecule has 0 atom stereocenters. The zero-order valence-corrected chi connectivity index (χ0v) is 12.5. The average molecular weight is 219 g/mol. The Balaban J connectivity index is 0. The van der Waals surface area contributed by atoms with E-state index in [1.165, 1.54) is 0 Å². The average Bonchev–Trinajstić information content (AvgIpc) is 2.10. The molecule has 11 heavy (non-hydrogen) atoms. The Bertz CT molecular complexity index is 167. The van der Waals surface area contributed by atoms with Crippen LogP contribution in [0.3, 0.4) is 0 Å². The molecule has 0 radical (unpaired) electrons. The van der Waals surface area contributed by atoms with Crippen molar-refractivity contribution >= 4 is 0 Å². The van der Waals surface area contributed by atoms with Crippen LogP contribution in [0.5, 0.6) is 0 Å². The van der Waals surface area contributed by atoms with Crippen molar-refractivity contribution in [2.75, 3.05) is 0 Å². The minimum Gasteiger partial charge on any atom is -0.193 e. The van der Waals surface area contributed by atoms with Crippen LogP contribution in [0.2, 0.25) is 0 Å². The fourth-order valence-corrected chi connectivity index (χ4v) is 0.556. The number of hydrogen-bond donors (Lipinski definition) is 0. The molecular formula is C10H13Rb. The van der Waals surface area contributed by atoms with E-state index in [-0.39, 0.29) is 58.2 Å². The quantitative estimate of drug-likeness (QED) is 0.585. The summed E-state index contributed by atoms with van der Waals surface area (Å²) in [5, 5.41) is 0. The Morgan fingerprint density at radius 3 is 1.82 bits per heavy atom. The molecule has 0 saturated carbocycles. The molecule has 0 aliphatic rings. The molecule has 0 aromatic heterocycles. The second kappa shape index (κ2) is 10.8. The van der Waals surface area contributed by atoms with Gasteiger partial charge in [-0.2, -0.15) is 30.4 Å². The maximum atomic E-state index is 3.51. The summed E-state index contributed by atoms with van der Waals surface area (Å²) in [4.78, 5) is 0. The molecule has 1 heteroatoms. The largest absolute Gasteiger partial charge is 1.00 e. The van der Waals surface area contributed by atoms with Crippen LogP contribution in [-0.2, 0) is 0 Å². The van der Waals surface area contributed by atoms with Crippen LogP contribution in [0, 0.1) is 6.08 Å². The maximum absolute atomic E-state index is 3.51. The summed E-state index contributed by atoms with van der Waals surface area (Å²) in [7, 11) is 0. The van der Waals surface area contributed by atoms with Gasteiger partial charge in [-0.15, -0.1) is 12.1 Å². The summed E-state index contributed by atoms with van der Waals surface area (Å²) in [6, 6.07) is 9.84. The molecule has 0 N–H and O–H groups in total. The Morgan fingerprint density at radius 1 is 1.09 bits per heavy atom. The van der Waals surface area contributed by atoms with E-state index in [1.807, 2.05) is 44.2 Å². The van der Waals surface area contributed by atoms with Crippen LogP contribution in [0.25, 0.3) is 0 Å². The number of rotatable bonds is 1. The molecule has 0 amide bonds. The third-order valence-corrected chi connectivity index (χ3v) is 0.978. The molecule has 0 aliphatic carbocycles. The summed E-state index contributed by atoms with van der Waals surface area (Å²) >= 11 is 0. The Morgan fingerprint density at radius 2 is 1.55 bits per heavy atom. The molecule has 1 aromatic rings. The van der Waals surface area contributed by atoms with E-state index in [1.54, 1.807) is 0 Å². The standard InChI is InChI=1S/C8H7.C2H6.Rb/c1-2-8-6-4-3-5-7-8;1-2;/h3-7H,1H2;1-2H3;/q-1;;+1. The van der Waals surface area contributed by atoms with Crippen molar-refractivity contribution in [1.29, 1.82) is 0 Å². The van der Waals surface area contributed by atoms with E-state index in [0.717, 1.165) is 5.56 Å². The smallest absolute Gasteiger partial charge is 0.193 e. The molecule has 0 unspecified atom stereocenters. The van der Waals surface area contributed by atoms with Gasteiger partial charge in [0.05, 0.1) is 0 Å². The normalized spacial score (nSPS) is 6.73. The predicted molar refractivity (Wildman–Crippen MR) is 45.8 cm³/mol. The van der Waals surface area contributed by atoms with Gasteiger partial charge in [-0.25, -0.2) is 0 Å². The first-order chi connectivity index (χ1) is 4.93. The van der Waals surface area contributed by atoms with E-state index < -0.39 is 0 Å². The van der Waals surface area contributed by atoms with Gasteiger partial charge in [0.25, 0.3) is 0 Å². The summed E-state index contributed by atoms with van der Waals surface area (Å²) in [5.41, 5.74) is 1.05. The van der Waals surface area contributed by atoms with Crippen LogP contribution in [-0.4, -0.2) is 0 Å². The fraction of sp³-hybridized carbons (Fsp3) is 0.200. The van der Waals surface area contributed by atoms with E-state index in [4.69, 9.17) is 0 Å². The van der Waals surface area contributed by atoms with Crippen LogP contribution in [0.15, 0.2) is 36.9 Å². The molecule has 1 aromatic carbocycles. The molecule has 0 heterocycles. The minimum absolute atomic E-state index is 0. The topological polar surface area (TPSA) is 0 Å². The van der Waals surface area contributed by atoms with E-state index in [2.05, 4.69) is 12.7 Å². The second-order valence-electron chi connectivity index (χ2n) is 1.54. The van der Waals surface area contributed by atoms with Gasteiger partial charge in [0.1, 0.15) is 0 Å². The van der Waals surface area contributed by atoms with Gasteiger partial charge in [-0.05, 0) is 0 Å². The van der Waals surface area contributed by atoms with Crippen molar-refractivity contribution in [3.63, 3.8) is 0 Å². The molecule has 0 saturated heterocycles. The second-order valence-corrected chi connectivity index (χ2v) is 1.54. The Kier molecular flexibility index (Phi) is 14.0. The van der Waals surface area contributed by atoms with Crippen molar-refractivity contribution in [2.45, 2.75) is 13.8 Å². The SMILES string of the molecule is C=[C-]c1ccccc1.CC.[Rb+]. The first-order valence-corrected chi connectivity index (χ1v) is 3.51. The van der Waals surface area contributed by atoms with E-state index in [9.17, 15) is 0 Å². The molecule has 1 rings (SSSR count). The van der Waals surface area contributed by atoms with Crippen LogP contribution in [0.4, 0.5) is 0 Å². The molecule has 0 nitrogen and oxygen atoms in total. The summed E-state index contributed by atoms with van der Waals surface area (Å²) in [6.45, 7) is 7.51. The molecule has 54 valence electrons. The van der Waals surface area contributed by atoms with Gasteiger partial charge in [0.15, 0.2) is 0 Å². The van der Waals surface area contributed by atoms with Gasteiger partial charge in [-0.3, -0.25) is 0 Å². The number of benzene rings is 1. The molecular weight excluding hydrogens is 206 g/mol. The first kappa shape index (κ1) is 14.3. The van der Waals surface area contributed by atoms with Crippen molar-refractivity contribution in [1.82, 2.24) is 0 Å². The number of hydrogen-bond acceptors (Lipinski definition) is 0. The van der Waals surface area contributed by atoms with Crippen LogP contribution in [0.1, 0.15) is 19.4 Å². The van der Waals surface area contributed by atoms with E-state index >= 15 is 0 Å². The molecule has 0 bridgehead atoms. The zero-order valence-electron chi connectivity index (χ0n) is 7.59. The third kappa shape index (κ3) is 7.14. The van der Waals surface area contributed by atoms with Gasteiger partial charge in [0, 0.05) is 0 Å². The Labute approximate surface area is 119 Å². The Hall–Kier alpha value is 0.765. The third-order valence-electron chi connectivity index (χ3n) is 0.978. The van der Waals surface area contributed by atoms with Gasteiger partial charge in [-0.1, -0.05) is 19.9 Å². The van der Waals surface area contributed by atoms with Crippen LogP contribution < -0.4 is 58.2 Å². The van der Waals surface area contributed by atoms with E-state index in [0.29, 0.717) is 0 Å². The van der Waals surface area contributed by atoms with Crippen LogP contribution >= 0.6 is 0 Å². The summed E-state index contributed by atoms with van der Waals surface area (Å²) in [6.07, 6.45) is 2.78. The van der Waals surface area contributed by atoms with Crippen molar-refractivity contribution in [3.8, 4) is 0 Å². The predicted octanol–water partition coefficient (Wildman–Crippen LogP) is 0.0541. The first-order valence-electron chi connectivity index (χ1n) is 3.51. The molecule has 0 aliphatic heterocycles. The summed E-state index contributed by atoms with van der Waals surface area (Å²) < 4.78 is 0. The van der Waals surface area contributed by atoms with Crippen molar-refractivity contribution < 1.29 is 58.2 Å². The van der Waals surface area contributed by atoms with Gasteiger partial charge >= 0.3 is 58.2 Å². The van der Waals surface area contributed by atoms with Crippen molar-refractivity contribution in [2.24, 2.45) is 0 Å². The monoisotopic (exact) mass is 218 g/mol. The summed E-state index contributed by atoms with van der Waals surface area (Å²) in [5.74, 6) is 0. The molecule has 0 fully saturated rings. The van der Waals surface area contributed by atoms with Crippen molar-refractivity contribution in [3.05, 3.63) is 48.6 Å². The minimum atomic E-state index is 0.